The van der Waals surface area contributed by atoms with Crippen molar-refractivity contribution in [2.45, 2.75) is 19.4 Å². The second-order valence-corrected chi connectivity index (χ2v) is 2.54. The van der Waals surface area contributed by atoms with Gasteiger partial charge in [0, 0.05) is 0 Å². The van der Waals surface area contributed by atoms with Crippen LogP contribution in [0.1, 0.15) is 13.3 Å². The second-order valence-electron chi connectivity index (χ2n) is 2.54. The van der Waals surface area contributed by atoms with E-state index in [0.29, 0.717) is 5.92 Å². The fourth-order valence-corrected chi connectivity index (χ4v) is 1.17. The summed E-state index contributed by atoms with van der Waals surface area (Å²) in [5.74, 6) is -0.428. The van der Waals surface area contributed by atoms with Crippen LogP contribution in [-0.4, -0.2) is 23.7 Å². The minimum Gasteiger partial charge on any atom is -0.480 e. The van der Waals surface area contributed by atoms with Crippen molar-refractivity contribution >= 4 is 5.97 Å². The van der Waals surface area contributed by atoms with Crippen molar-refractivity contribution in [1.82, 2.24) is 5.32 Å². The number of carboxylic acid groups (broad SMARTS) is 1. The third-order valence-electron chi connectivity index (χ3n) is 1.80. The van der Waals surface area contributed by atoms with E-state index in [4.69, 9.17) is 5.11 Å². The molecule has 2 unspecified atom stereocenters. The van der Waals surface area contributed by atoms with Gasteiger partial charge in [0.15, 0.2) is 0 Å². The second kappa shape index (κ2) is 2.35. The third-order valence-corrected chi connectivity index (χ3v) is 1.80. The van der Waals surface area contributed by atoms with Crippen molar-refractivity contribution in [1.29, 1.82) is 0 Å². The van der Waals surface area contributed by atoms with Gasteiger partial charge in [0.25, 0.3) is 0 Å². The lowest BCUT2D eigenvalue weighted by molar-refractivity contribution is -0.139. The van der Waals surface area contributed by atoms with Crippen LogP contribution in [0.5, 0.6) is 0 Å². The number of hydrogen-bond acceptors (Lipinski definition) is 2. The molecule has 1 saturated heterocycles. The standard InChI is InChI=1S/C6H11NO2/c1-4-2-3-7-5(4)6(8)9/h4-5,7H,2-3H2,1H3,(H,8,9). The lowest BCUT2D eigenvalue weighted by Crippen LogP contribution is -2.34. The molecule has 3 heteroatoms. The molecule has 0 aromatic carbocycles. The Kier molecular flexibility index (Phi) is 1.71. The predicted molar refractivity (Wildman–Crippen MR) is 33.2 cm³/mol. The van der Waals surface area contributed by atoms with Crippen molar-refractivity contribution in [3.63, 3.8) is 0 Å². The summed E-state index contributed by atoms with van der Waals surface area (Å²) in [6.45, 7) is 2.80. The van der Waals surface area contributed by atoms with Crippen LogP contribution in [0.4, 0.5) is 0 Å². The van der Waals surface area contributed by atoms with Crippen molar-refractivity contribution in [2.75, 3.05) is 6.54 Å². The molecule has 52 valence electrons. The number of carbonyl (C=O) groups is 1. The van der Waals surface area contributed by atoms with Gasteiger partial charge in [0.2, 0.25) is 0 Å². The molecule has 0 radical (unpaired) electrons. The Labute approximate surface area is 54.1 Å². The van der Waals surface area contributed by atoms with Crippen LogP contribution in [0.15, 0.2) is 0 Å². The first kappa shape index (κ1) is 6.55. The van der Waals surface area contributed by atoms with Gasteiger partial charge in [-0.2, -0.15) is 0 Å². The van der Waals surface area contributed by atoms with Crippen molar-refractivity contribution in [2.24, 2.45) is 5.92 Å². The fraction of sp³-hybridized carbons (Fsp3) is 0.833. The molecule has 0 amide bonds. The summed E-state index contributed by atoms with van der Waals surface area (Å²) in [5.41, 5.74) is 0. The van der Waals surface area contributed by atoms with E-state index in [9.17, 15) is 4.79 Å². The molecule has 3 nitrogen and oxygen atoms in total. The van der Waals surface area contributed by atoms with Crippen LogP contribution in [-0.2, 0) is 4.79 Å². The van der Waals surface area contributed by atoms with Gasteiger partial charge in [-0.3, -0.25) is 4.79 Å². The van der Waals surface area contributed by atoms with E-state index in [1.54, 1.807) is 0 Å². The van der Waals surface area contributed by atoms with Crippen molar-refractivity contribution < 1.29 is 9.90 Å². The predicted octanol–water partition coefficient (Wildman–Crippen LogP) is 0.0690. The van der Waals surface area contributed by atoms with E-state index in [1.165, 1.54) is 0 Å². The summed E-state index contributed by atoms with van der Waals surface area (Å²) >= 11 is 0. The summed E-state index contributed by atoms with van der Waals surface area (Å²) in [7, 11) is 0. The highest BCUT2D eigenvalue weighted by Gasteiger charge is 2.28. The highest BCUT2D eigenvalue weighted by molar-refractivity contribution is 5.74. The molecular formula is C6H11NO2. The van der Waals surface area contributed by atoms with Gasteiger partial charge in [-0.1, -0.05) is 6.92 Å². The summed E-state index contributed by atoms with van der Waals surface area (Å²) in [4.78, 5) is 10.3. The molecule has 0 aliphatic carbocycles. The average molecular weight is 129 g/mol. The molecular weight excluding hydrogens is 118 g/mol. The first-order valence-corrected chi connectivity index (χ1v) is 3.18. The van der Waals surface area contributed by atoms with E-state index in [1.807, 2.05) is 6.92 Å². The Morgan fingerprint density at radius 3 is 2.67 bits per heavy atom. The summed E-state index contributed by atoms with van der Waals surface area (Å²) in [6.07, 6.45) is 0.983. The maximum Gasteiger partial charge on any atom is 0.320 e. The smallest absolute Gasteiger partial charge is 0.320 e. The SMILES string of the molecule is CC1CCNC1C(=O)O. The van der Waals surface area contributed by atoms with Gasteiger partial charge in [-0.05, 0) is 18.9 Å². The Hall–Kier alpha value is -0.570. The number of aliphatic carboxylic acids is 1. The van der Waals surface area contributed by atoms with Gasteiger partial charge in [-0.15, -0.1) is 0 Å². The topological polar surface area (TPSA) is 49.3 Å². The van der Waals surface area contributed by atoms with Crippen molar-refractivity contribution in [3.05, 3.63) is 0 Å². The van der Waals surface area contributed by atoms with Crippen molar-refractivity contribution in [3.8, 4) is 0 Å². The van der Waals surface area contributed by atoms with E-state index in [2.05, 4.69) is 5.32 Å². The molecule has 0 saturated carbocycles. The zero-order valence-electron chi connectivity index (χ0n) is 5.42. The molecule has 1 aliphatic heterocycles. The van der Waals surface area contributed by atoms with E-state index >= 15 is 0 Å². The minimum atomic E-state index is -0.722. The first-order valence-electron chi connectivity index (χ1n) is 3.18. The molecule has 2 atom stereocenters. The molecule has 0 bridgehead atoms. The van der Waals surface area contributed by atoms with E-state index in [-0.39, 0.29) is 6.04 Å². The Balaban J connectivity index is 2.49. The molecule has 0 spiro atoms. The minimum absolute atomic E-state index is 0.294. The summed E-state index contributed by atoms with van der Waals surface area (Å²) in [6, 6.07) is -0.301. The molecule has 1 heterocycles. The van der Waals surface area contributed by atoms with E-state index in [0.717, 1.165) is 13.0 Å². The summed E-state index contributed by atoms with van der Waals surface area (Å²) < 4.78 is 0. The fourth-order valence-electron chi connectivity index (χ4n) is 1.17. The molecule has 0 aromatic heterocycles. The maximum atomic E-state index is 10.3. The number of nitrogens with one attached hydrogen (secondary N) is 1. The van der Waals surface area contributed by atoms with Crippen LogP contribution in [0.3, 0.4) is 0 Å². The van der Waals surface area contributed by atoms with Crippen LogP contribution in [0.2, 0.25) is 0 Å². The Morgan fingerprint density at radius 2 is 2.44 bits per heavy atom. The molecule has 2 N–H and O–H groups in total. The lowest BCUT2D eigenvalue weighted by atomic mass is 10.0. The van der Waals surface area contributed by atoms with Crippen LogP contribution < -0.4 is 5.32 Å². The zero-order chi connectivity index (χ0) is 6.85. The summed E-state index contributed by atoms with van der Waals surface area (Å²) in [5, 5.41) is 11.4. The van der Waals surface area contributed by atoms with Gasteiger partial charge in [0.05, 0.1) is 0 Å². The molecule has 1 rings (SSSR count). The van der Waals surface area contributed by atoms with E-state index < -0.39 is 5.97 Å². The monoisotopic (exact) mass is 129 g/mol. The highest BCUT2D eigenvalue weighted by atomic mass is 16.4. The quantitative estimate of drug-likeness (QED) is 0.526. The van der Waals surface area contributed by atoms with Gasteiger partial charge < -0.3 is 10.4 Å². The average Bonchev–Trinajstić information content (AvgIpc) is 2.13. The lowest BCUT2D eigenvalue weighted by Gasteiger charge is -2.07. The molecule has 1 fully saturated rings. The number of hydrogen-bond donors (Lipinski definition) is 2. The van der Waals surface area contributed by atoms with Crippen LogP contribution in [0.25, 0.3) is 0 Å². The molecule has 0 aromatic rings. The molecule has 9 heavy (non-hydrogen) atoms. The highest BCUT2D eigenvalue weighted by Crippen LogP contribution is 2.13. The number of carboxylic acids is 1. The van der Waals surface area contributed by atoms with Crippen LogP contribution >= 0.6 is 0 Å². The Bertz CT molecular complexity index is 124. The first-order chi connectivity index (χ1) is 4.22. The normalized spacial score (nSPS) is 34.8. The maximum absolute atomic E-state index is 10.3. The third kappa shape index (κ3) is 1.21. The van der Waals surface area contributed by atoms with Gasteiger partial charge in [-0.25, -0.2) is 0 Å². The Morgan fingerprint density at radius 1 is 1.78 bits per heavy atom. The number of rotatable bonds is 1. The zero-order valence-corrected chi connectivity index (χ0v) is 5.42. The van der Waals surface area contributed by atoms with Gasteiger partial charge in [0.1, 0.15) is 6.04 Å². The largest absolute Gasteiger partial charge is 0.480 e. The van der Waals surface area contributed by atoms with Crippen LogP contribution in [0, 0.1) is 5.92 Å². The molecule has 1 aliphatic rings. The van der Waals surface area contributed by atoms with Gasteiger partial charge >= 0.3 is 5.97 Å².